The quantitative estimate of drug-likeness (QED) is 0.535. The van der Waals surface area contributed by atoms with E-state index in [4.69, 9.17) is 0 Å². The van der Waals surface area contributed by atoms with Gasteiger partial charge in [0.15, 0.2) is 0 Å². The fourth-order valence-electron chi connectivity index (χ4n) is 3.69. The molecule has 0 aliphatic rings. The predicted molar refractivity (Wildman–Crippen MR) is 117 cm³/mol. The fraction of sp³-hybridized carbons (Fsp3) is 0.364. The molecule has 2 aromatic carbocycles. The summed E-state index contributed by atoms with van der Waals surface area (Å²) in [5, 5.41) is 12.2. The van der Waals surface area contributed by atoms with Crippen molar-refractivity contribution in [1.29, 1.82) is 0 Å². The van der Waals surface area contributed by atoms with Gasteiger partial charge in [-0.05, 0) is 53.3 Å². The second-order valence-electron chi connectivity index (χ2n) is 7.25. The Morgan fingerprint density at radius 3 is 1.57 bits per heavy atom. The molecule has 0 amide bonds. The molecule has 0 fully saturated rings. The first-order chi connectivity index (χ1) is 13.2. The summed E-state index contributed by atoms with van der Waals surface area (Å²) in [5.74, 6) is 0. The molecule has 0 saturated heterocycles. The third-order valence-corrected chi connectivity index (χ3v) is 8.24. The van der Waals surface area contributed by atoms with Crippen molar-refractivity contribution in [3.8, 4) is 0 Å². The zero-order chi connectivity index (χ0) is 20.9. The lowest BCUT2D eigenvalue weighted by Crippen LogP contribution is -2.50. The second kappa shape index (κ2) is 9.17. The third-order valence-electron chi connectivity index (χ3n) is 5.09. The standard InChI is InChI=1S/C22H32N3O2P/c1-7-14-21(25(6)28(27,23(2)3)24(4)5)22(26,19-15-10-8-11-16-19)20-17-12-9-13-18-20/h7-18,21,26H,1-6H3. The Bertz CT molecular complexity index is 771. The highest BCUT2D eigenvalue weighted by molar-refractivity contribution is 7.56. The van der Waals surface area contributed by atoms with Crippen molar-refractivity contribution in [2.45, 2.75) is 18.6 Å². The molecular weight excluding hydrogens is 369 g/mol. The van der Waals surface area contributed by atoms with Crippen LogP contribution in [-0.2, 0) is 10.2 Å². The average Bonchev–Trinajstić information content (AvgIpc) is 2.71. The van der Waals surface area contributed by atoms with E-state index < -0.39 is 19.2 Å². The van der Waals surface area contributed by atoms with Crippen molar-refractivity contribution in [2.24, 2.45) is 0 Å². The van der Waals surface area contributed by atoms with Crippen LogP contribution >= 0.6 is 7.59 Å². The van der Waals surface area contributed by atoms with Gasteiger partial charge in [-0.25, -0.2) is 14.0 Å². The molecular formula is C22H32N3O2P. The van der Waals surface area contributed by atoms with Crippen LogP contribution in [0, 0.1) is 0 Å². The molecule has 1 N–H and O–H groups in total. The topological polar surface area (TPSA) is 47.0 Å². The molecule has 28 heavy (non-hydrogen) atoms. The number of aliphatic hydroxyl groups is 1. The molecule has 6 heteroatoms. The smallest absolute Gasteiger partial charge is 0.286 e. The Morgan fingerprint density at radius 2 is 1.25 bits per heavy atom. The van der Waals surface area contributed by atoms with Crippen molar-refractivity contribution in [1.82, 2.24) is 14.0 Å². The monoisotopic (exact) mass is 401 g/mol. The van der Waals surface area contributed by atoms with Gasteiger partial charge in [-0.1, -0.05) is 72.8 Å². The van der Waals surface area contributed by atoms with Crippen molar-refractivity contribution in [3.63, 3.8) is 0 Å². The molecule has 152 valence electrons. The van der Waals surface area contributed by atoms with Gasteiger partial charge >= 0.3 is 0 Å². The van der Waals surface area contributed by atoms with Crippen LogP contribution in [0.15, 0.2) is 72.8 Å². The molecule has 0 aliphatic carbocycles. The second-order valence-corrected chi connectivity index (χ2v) is 10.5. The van der Waals surface area contributed by atoms with Crippen molar-refractivity contribution in [2.75, 3.05) is 35.2 Å². The van der Waals surface area contributed by atoms with E-state index in [1.807, 2.05) is 86.8 Å². The summed E-state index contributed by atoms with van der Waals surface area (Å²) in [6.07, 6.45) is 3.81. The number of likely N-dealkylation sites (N-methyl/N-ethyl adjacent to an activating group) is 1. The zero-order valence-corrected chi connectivity index (χ0v) is 18.5. The highest BCUT2D eigenvalue weighted by Gasteiger charge is 2.47. The summed E-state index contributed by atoms with van der Waals surface area (Å²) in [7, 11) is 5.92. The van der Waals surface area contributed by atoms with E-state index in [1.165, 1.54) is 0 Å². The van der Waals surface area contributed by atoms with Crippen LogP contribution in [0.4, 0.5) is 0 Å². The highest BCUT2D eigenvalue weighted by Crippen LogP contribution is 2.55. The van der Waals surface area contributed by atoms with Crippen LogP contribution in [-0.4, -0.2) is 60.4 Å². The minimum Gasteiger partial charge on any atom is -0.378 e. The summed E-state index contributed by atoms with van der Waals surface area (Å²) < 4.78 is 19.2. The Morgan fingerprint density at radius 1 is 0.857 bits per heavy atom. The summed E-state index contributed by atoms with van der Waals surface area (Å²) in [6, 6.07) is 18.6. The first kappa shape index (κ1) is 22.5. The third kappa shape index (κ3) is 4.00. The average molecular weight is 401 g/mol. The summed E-state index contributed by atoms with van der Waals surface area (Å²) in [5.41, 5.74) is 0.117. The van der Waals surface area contributed by atoms with Gasteiger partial charge in [0, 0.05) is 0 Å². The van der Waals surface area contributed by atoms with Gasteiger partial charge in [0.05, 0.1) is 6.04 Å². The van der Waals surface area contributed by atoms with Gasteiger partial charge < -0.3 is 5.11 Å². The Hall–Kier alpha value is -1.75. The van der Waals surface area contributed by atoms with Gasteiger partial charge in [-0.2, -0.15) is 0 Å². The van der Waals surface area contributed by atoms with E-state index in [0.29, 0.717) is 0 Å². The van der Waals surface area contributed by atoms with Crippen molar-refractivity contribution >= 4 is 7.59 Å². The molecule has 2 aromatic rings. The molecule has 0 spiro atoms. The van der Waals surface area contributed by atoms with E-state index in [0.717, 1.165) is 11.1 Å². The normalized spacial score (nSPS) is 14.4. The maximum Gasteiger partial charge on any atom is 0.286 e. The number of rotatable bonds is 8. The van der Waals surface area contributed by atoms with Gasteiger partial charge in [0.2, 0.25) is 0 Å². The number of hydrogen-bond acceptors (Lipinski definition) is 2. The molecule has 1 unspecified atom stereocenters. The Balaban J connectivity index is 2.75. The molecule has 0 heterocycles. The summed E-state index contributed by atoms with van der Waals surface area (Å²) >= 11 is 0. The summed E-state index contributed by atoms with van der Waals surface area (Å²) in [4.78, 5) is 0. The van der Waals surface area contributed by atoms with Gasteiger partial charge in [-0.15, -0.1) is 0 Å². The maximum atomic E-state index is 14.0. The van der Waals surface area contributed by atoms with Crippen LogP contribution in [0.3, 0.4) is 0 Å². The molecule has 0 bridgehead atoms. The fourth-order valence-corrected chi connectivity index (χ4v) is 6.11. The molecule has 0 aromatic heterocycles. The minimum atomic E-state index is -3.09. The lowest BCUT2D eigenvalue weighted by atomic mass is 9.80. The van der Waals surface area contributed by atoms with E-state index in [1.54, 1.807) is 42.2 Å². The maximum absolute atomic E-state index is 14.0. The van der Waals surface area contributed by atoms with Gasteiger partial charge in [0.25, 0.3) is 7.59 Å². The van der Waals surface area contributed by atoms with Crippen LogP contribution in [0.2, 0.25) is 0 Å². The number of hydrogen-bond donors (Lipinski definition) is 1. The zero-order valence-electron chi connectivity index (χ0n) is 17.6. The largest absolute Gasteiger partial charge is 0.378 e. The van der Waals surface area contributed by atoms with Gasteiger partial charge in [-0.3, -0.25) is 4.57 Å². The van der Waals surface area contributed by atoms with Crippen LogP contribution in [0.5, 0.6) is 0 Å². The summed E-state index contributed by atoms with van der Waals surface area (Å²) in [6.45, 7) is 1.91. The lowest BCUT2D eigenvalue weighted by molar-refractivity contribution is 0.0293. The lowest BCUT2D eigenvalue weighted by Gasteiger charge is -2.46. The van der Waals surface area contributed by atoms with E-state index in [2.05, 4.69) is 0 Å². The Kier molecular flexibility index (Phi) is 7.38. The Labute approximate surface area is 169 Å². The van der Waals surface area contributed by atoms with Crippen LogP contribution in [0.25, 0.3) is 0 Å². The minimum absolute atomic E-state index is 0.557. The van der Waals surface area contributed by atoms with E-state index in [9.17, 15) is 9.67 Å². The predicted octanol–water partition coefficient (Wildman–Crippen LogP) is 4.03. The molecule has 0 aliphatic heterocycles. The van der Waals surface area contributed by atoms with E-state index >= 15 is 0 Å². The van der Waals surface area contributed by atoms with Crippen molar-refractivity contribution < 1.29 is 9.67 Å². The van der Waals surface area contributed by atoms with Crippen molar-refractivity contribution in [3.05, 3.63) is 83.9 Å². The van der Waals surface area contributed by atoms with Crippen LogP contribution < -0.4 is 0 Å². The molecule has 1 atom stereocenters. The highest BCUT2D eigenvalue weighted by atomic mass is 31.2. The first-order valence-electron chi connectivity index (χ1n) is 9.35. The number of nitrogens with zero attached hydrogens (tertiary/aromatic N) is 3. The number of benzene rings is 2. The SMILES string of the molecule is CC=CC(N(C)P(=O)(N(C)C)N(C)C)C(O)(c1ccccc1)c1ccccc1. The molecule has 0 radical (unpaired) electrons. The molecule has 2 rings (SSSR count). The molecule has 0 saturated carbocycles. The van der Waals surface area contributed by atoms with Crippen LogP contribution in [0.1, 0.15) is 18.1 Å². The number of allylic oxidation sites excluding steroid dienone is 1. The first-order valence-corrected chi connectivity index (χ1v) is 10.9. The van der Waals surface area contributed by atoms with E-state index in [-0.39, 0.29) is 0 Å². The molecule has 5 nitrogen and oxygen atoms in total. The van der Waals surface area contributed by atoms with Gasteiger partial charge in [0.1, 0.15) is 5.60 Å².